The van der Waals surface area contributed by atoms with Gasteiger partial charge in [0.25, 0.3) is 0 Å². The molecule has 0 saturated carbocycles. The Morgan fingerprint density at radius 2 is 1.86 bits per heavy atom. The number of piperidine rings is 1. The molecule has 0 radical (unpaired) electrons. The topological polar surface area (TPSA) is 78.4 Å². The van der Waals surface area contributed by atoms with Gasteiger partial charge in [0, 0.05) is 31.3 Å². The predicted molar refractivity (Wildman–Crippen MR) is 79.5 cm³/mol. The molecule has 21 heavy (non-hydrogen) atoms. The van der Waals surface area contributed by atoms with E-state index in [-0.39, 0.29) is 36.6 Å². The van der Waals surface area contributed by atoms with Gasteiger partial charge in [-0.3, -0.25) is 14.9 Å². The Balaban J connectivity index is 1.76. The smallest absolute Gasteiger partial charge is 0.226 e. The summed E-state index contributed by atoms with van der Waals surface area (Å²) in [6.45, 7) is 2.44. The number of hydrogen-bond acceptors (Lipinski definition) is 4. The zero-order valence-corrected chi connectivity index (χ0v) is 12.2. The third kappa shape index (κ3) is 4.95. The second-order valence-electron chi connectivity index (χ2n) is 5.71. The molecule has 0 bridgehead atoms. The summed E-state index contributed by atoms with van der Waals surface area (Å²) < 4.78 is 0. The average molecular weight is 290 g/mol. The maximum atomic E-state index is 11.3. The molecule has 1 fully saturated rings. The van der Waals surface area contributed by atoms with E-state index in [0.717, 1.165) is 6.42 Å². The van der Waals surface area contributed by atoms with Crippen LogP contribution in [0.4, 0.5) is 0 Å². The number of nitrogens with one attached hydrogen (secondary N) is 2. The molecule has 0 aromatic heterocycles. The molecule has 5 heteroatoms. The van der Waals surface area contributed by atoms with Crippen LogP contribution in [-0.2, 0) is 16.0 Å². The molecule has 114 valence electrons. The first-order valence-corrected chi connectivity index (χ1v) is 7.32. The molecule has 1 aromatic rings. The van der Waals surface area contributed by atoms with Gasteiger partial charge in [0.2, 0.25) is 11.8 Å². The lowest BCUT2D eigenvalue weighted by Crippen LogP contribution is -2.46. The van der Waals surface area contributed by atoms with Gasteiger partial charge in [-0.2, -0.15) is 0 Å². The fourth-order valence-electron chi connectivity index (χ4n) is 2.61. The van der Waals surface area contributed by atoms with Crippen LogP contribution in [0.5, 0.6) is 0 Å². The minimum absolute atomic E-state index is 0.210. The standard InChI is InChI=1S/C16H22N2O3/c1-11(7-12-5-3-2-4-6-12)17-10-14(19)13-8-15(20)18-16(21)9-13/h2-6,11,13-14,17,19H,7-10H2,1H3,(H,18,20,21). The number of amides is 2. The Kier molecular flexibility index (Phi) is 5.47. The summed E-state index contributed by atoms with van der Waals surface area (Å²) in [6.07, 6.45) is 0.610. The summed E-state index contributed by atoms with van der Waals surface area (Å²) in [6, 6.07) is 10.3. The fraction of sp³-hybridized carbons (Fsp3) is 0.500. The average Bonchev–Trinajstić information content (AvgIpc) is 2.45. The summed E-state index contributed by atoms with van der Waals surface area (Å²) in [5, 5.41) is 15.6. The lowest BCUT2D eigenvalue weighted by molar-refractivity contribution is -0.136. The minimum Gasteiger partial charge on any atom is -0.391 e. The Labute approximate surface area is 124 Å². The van der Waals surface area contributed by atoms with E-state index in [1.807, 2.05) is 18.2 Å². The fourth-order valence-corrected chi connectivity index (χ4v) is 2.61. The van der Waals surface area contributed by atoms with Crippen molar-refractivity contribution in [1.29, 1.82) is 0 Å². The van der Waals surface area contributed by atoms with Gasteiger partial charge in [-0.15, -0.1) is 0 Å². The van der Waals surface area contributed by atoms with Crippen LogP contribution in [0.25, 0.3) is 0 Å². The van der Waals surface area contributed by atoms with Crippen LogP contribution >= 0.6 is 0 Å². The van der Waals surface area contributed by atoms with Crippen molar-refractivity contribution >= 4 is 11.8 Å². The summed E-state index contributed by atoms with van der Waals surface area (Å²) in [7, 11) is 0. The molecule has 1 saturated heterocycles. The number of rotatable bonds is 6. The highest BCUT2D eigenvalue weighted by molar-refractivity contribution is 5.97. The summed E-state index contributed by atoms with van der Waals surface area (Å²) in [5.41, 5.74) is 1.24. The molecule has 0 spiro atoms. The zero-order chi connectivity index (χ0) is 15.2. The van der Waals surface area contributed by atoms with Gasteiger partial charge < -0.3 is 10.4 Å². The van der Waals surface area contributed by atoms with Crippen molar-refractivity contribution in [2.45, 2.75) is 38.3 Å². The molecule has 2 amide bonds. The van der Waals surface area contributed by atoms with E-state index in [1.54, 1.807) is 0 Å². The lowest BCUT2D eigenvalue weighted by Gasteiger charge is -2.27. The Morgan fingerprint density at radius 3 is 2.48 bits per heavy atom. The first-order valence-electron chi connectivity index (χ1n) is 7.32. The lowest BCUT2D eigenvalue weighted by atomic mass is 9.91. The number of imide groups is 1. The largest absolute Gasteiger partial charge is 0.391 e. The number of carbonyl (C=O) groups is 2. The first-order chi connectivity index (χ1) is 10.0. The van der Waals surface area contributed by atoms with Gasteiger partial charge >= 0.3 is 0 Å². The maximum Gasteiger partial charge on any atom is 0.226 e. The maximum absolute atomic E-state index is 11.3. The third-order valence-corrected chi connectivity index (χ3v) is 3.78. The van der Waals surface area contributed by atoms with Crippen LogP contribution in [0.15, 0.2) is 30.3 Å². The highest BCUT2D eigenvalue weighted by Crippen LogP contribution is 2.17. The predicted octanol–water partition coefficient (Wildman–Crippen LogP) is 0.621. The van der Waals surface area contributed by atoms with Crippen LogP contribution in [-0.4, -0.2) is 35.6 Å². The number of carbonyl (C=O) groups excluding carboxylic acids is 2. The summed E-state index contributed by atoms with van der Waals surface area (Å²) in [5.74, 6) is -0.886. The Morgan fingerprint density at radius 1 is 1.24 bits per heavy atom. The van der Waals surface area contributed by atoms with Crippen molar-refractivity contribution in [3.8, 4) is 0 Å². The normalized spacial score (nSPS) is 19.1. The van der Waals surface area contributed by atoms with E-state index >= 15 is 0 Å². The van der Waals surface area contributed by atoms with Gasteiger partial charge in [0.1, 0.15) is 0 Å². The van der Waals surface area contributed by atoms with E-state index in [0.29, 0.717) is 6.54 Å². The zero-order valence-electron chi connectivity index (χ0n) is 12.2. The van der Waals surface area contributed by atoms with Crippen LogP contribution in [0, 0.1) is 5.92 Å². The second-order valence-corrected chi connectivity index (χ2v) is 5.71. The molecule has 2 rings (SSSR count). The number of aliphatic hydroxyl groups excluding tert-OH is 1. The van der Waals surface area contributed by atoms with Crippen molar-refractivity contribution in [2.75, 3.05) is 6.54 Å². The van der Waals surface area contributed by atoms with E-state index in [2.05, 4.69) is 29.7 Å². The van der Waals surface area contributed by atoms with Crippen LogP contribution in [0.3, 0.4) is 0 Å². The van der Waals surface area contributed by atoms with E-state index in [9.17, 15) is 14.7 Å². The molecular formula is C16H22N2O3. The van der Waals surface area contributed by atoms with Crippen LogP contribution in [0.1, 0.15) is 25.3 Å². The van der Waals surface area contributed by atoms with E-state index in [4.69, 9.17) is 0 Å². The van der Waals surface area contributed by atoms with Gasteiger partial charge in [0.15, 0.2) is 0 Å². The monoisotopic (exact) mass is 290 g/mol. The highest BCUT2D eigenvalue weighted by atomic mass is 16.3. The van der Waals surface area contributed by atoms with Crippen LogP contribution < -0.4 is 10.6 Å². The van der Waals surface area contributed by atoms with Crippen molar-refractivity contribution < 1.29 is 14.7 Å². The molecule has 5 nitrogen and oxygen atoms in total. The van der Waals surface area contributed by atoms with Crippen molar-refractivity contribution in [2.24, 2.45) is 5.92 Å². The minimum atomic E-state index is -0.682. The van der Waals surface area contributed by atoms with Gasteiger partial charge in [-0.25, -0.2) is 0 Å². The molecule has 2 atom stereocenters. The van der Waals surface area contributed by atoms with Crippen molar-refractivity contribution in [1.82, 2.24) is 10.6 Å². The molecular weight excluding hydrogens is 268 g/mol. The summed E-state index contributed by atoms with van der Waals surface area (Å²) >= 11 is 0. The Hall–Kier alpha value is -1.72. The third-order valence-electron chi connectivity index (χ3n) is 3.78. The van der Waals surface area contributed by atoms with Crippen LogP contribution in [0.2, 0.25) is 0 Å². The van der Waals surface area contributed by atoms with Crippen molar-refractivity contribution in [3.63, 3.8) is 0 Å². The Bertz CT molecular complexity index is 474. The van der Waals surface area contributed by atoms with Gasteiger partial charge in [-0.05, 0) is 18.9 Å². The summed E-state index contributed by atoms with van der Waals surface area (Å²) in [4.78, 5) is 22.6. The second kappa shape index (κ2) is 7.33. The molecule has 1 aromatic carbocycles. The van der Waals surface area contributed by atoms with Gasteiger partial charge in [0.05, 0.1) is 6.10 Å². The number of aliphatic hydroxyl groups is 1. The number of benzene rings is 1. The van der Waals surface area contributed by atoms with Gasteiger partial charge in [-0.1, -0.05) is 30.3 Å². The molecule has 1 aliphatic rings. The highest BCUT2D eigenvalue weighted by Gasteiger charge is 2.30. The molecule has 0 aliphatic carbocycles. The van der Waals surface area contributed by atoms with Crippen molar-refractivity contribution in [3.05, 3.63) is 35.9 Å². The first kappa shape index (κ1) is 15.7. The molecule has 2 unspecified atom stereocenters. The number of hydrogen-bond donors (Lipinski definition) is 3. The molecule has 3 N–H and O–H groups in total. The van der Waals surface area contributed by atoms with E-state index in [1.165, 1.54) is 5.56 Å². The molecule has 1 aliphatic heterocycles. The van der Waals surface area contributed by atoms with E-state index < -0.39 is 6.10 Å². The molecule has 1 heterocycles. The quantitative estimate of drug-likeness (QED) is 0.671. The SMILES string of the molecule is CC(Cc1ccccc1)NCC(O)C1CC(=O)NC(=O)C1.